The summed E-state index contributed by atoms with van der Waals surface area (Å²) in [5.74, 6) is -7.73. The van der Waals surface area contributed by atoms with Gasteiger partial charge in [0.05, 0.1) is 23.9 Å². The second kappa shape index (κ2) is 13.7. The van der Waals surface area contributed by atoms with Crippen LogP contribution in [0.5, 0.6) is 0 Å². The molecule has 0 bridgehead atoms. The summed E-state index contributed by atoms with van der Waals surface area (Å²) in [5.41, 5.74) is -2.04. The number of nitrogens with zero attached hydrogens (tertiary/aromatic N) is 2. The molecule has 0 spiro atoms. The predicted molar refractivity (Wildman–Crippen MR) is 137 cm³/mol. The Labute approximate surface area is 235 Å². The van der Waals surface area contributed by atoms with E-state index in [1.165, 1.54) is 41.5 Å². The first-order valence-corrected chi connectivity index (χ1v) is 13.1. The molecule has 15 heteroatoms. The molecular weight excluding hydrogens is 551 g/mol. The highest BCUT2D eigenvalue weighted by atomic mass is 19.2. The first-order valence-electron chi connectivity index (χ1n) is 13.1. The number of ether oxygens (including phenoxy) is 6. The van der Waals surface area contributed by atoms with Gasteiger partial charge in [-0.1, -0.05) is 41.5 Å². The molecule has 4 atom stereocenters. The fourth-order valence-electron chi connectivity index (χ4n) is 3.39. The maximum atomic E-state index is 16.5. The van der Waals surface area contributed by atoms with Crippen molar-refractivity contribution in [1.82, 2.24) is 9.13 Å². The molecule has 1 aromatic heterocycles. The van der Waals surface area contributed by atoms with Gasteiger partial charge in [0.25, 0.3) is 11.4 Å². The van der Waals surface area contributed by atoms with Crippen LogP contribution in [0.1, 0.15) is 61.6 Å². The van der Waals surface area contributed by atoms with E-state index in [-0.39, 0.29) is 0 Å². The van der Waals surface area contributed by atoms with Crippen molar-refractivity contribution in [1.29, 1.82) is 0 Å². The van der Waals surface area contributed by atoms with Gasteiger partial charge in [-0.25, -0.2) is 18.5 Å². The van der Waals surface area contributed by atoms with Crippen molar-refractivity contribution in [2.45, 2.75) is 92.5 Å². The van der Waals surface area contributed by atoms with E-state index in [1.807, 2.05) is 0 Å². The van der Waals surface area contributed by atoms with E-state index in [0.29, 0.717) is 9.13 Å². The number of hydrogen-bond donors (Lipinski definition) is 0. The van der Waals surface area contributed by atoms with Crippen molar-refractivity contribution in [2.75, 3.05) is 6.61 Å². The van der Waals surface area contributed by atoms with Gasteiger partial charge in [0, 0.05) is 12.3 Å². The van der Waals surface area contributed by atoms with Crippen LogP contribution in [0.2, 0.25) is 0 Å². The molecule has 1 saturated heterocycles. The molecular formula is C26H37FN2O12. The molecule has 1 fully saturated rings. The number of rotatable bonds is 11. The largest absolute Gasteiger partial charge is 0.510 e. The zero-order chi connectivity index (χ0) is 31.2. The fourth-order valence-corrected chi connectivity index (χ4v) is 3.39. The second-order valence-corrected chi connectivity index (χ2v) is 10.6. The van der Waals surface area contributed by atoms with Gasteiger partial charge in [-0.2, -0.15) is 0 Å². The van der Waals surface area contributed by atoms with Crippen LogP contribution >= 0.6 is 0 Å². The average molecular weight is 589 g/mol. The van der Waals surface area contributed by atoms with Crippen molar-refractivity contribution in [2.24, 2.45) is 17.8 Å². The van der Waals surface area contributed by atoms with Crippen LogP contribution < -0.4 is 11.2 Å². The van der Waals surface area contributed by atoms with E-state index in [1.54, 1.807) is 13.8 Å². The monoisotopic (exact) mass is 588 g/mol. The highest BCUT2D eigenvalue weighted by Gasteiger charge is 2.62. The number of carbonyl (C=O) groups excluding carboxylic acids is 4. The van der Waals surface area contributed by atoms with Crippen molar-refractivity contribution in [3.8, 4) is 0 Å². The number of halogens is 1. The zero-order valence-corrected chi connectivity index (χ0v) is 24.3. The third-order valence-corrected chi connectivity index (χ3v) is 5.65. The van der Waals surface area contributed by atoms with Crippen LogP contribution in [-0.2, 0) is 49.5 Å². The maximum Gasteiger partial charge on any atom is 0.510 e. The molecule has 0 unspecified atom stereocenters. The van der Waals surface area contributed by atoms with Gasteiger partial charge < -0.3 is 28.4 Å². The standard InChI is InChI=1S/C26H37FN2O12/c1-13(2)21(31)36-11-26(27)19(40-23(33)15(5)6)18(39-22(32)14(3)4)20(41-26)28-10-9-17(30)29(24(28)34)12-37-25(35)38-16(7)8/h9-10,13-16,18-20H,11-12H2,1-8H3/t18-,19+,20-,26-/m1/s1. The molecule has 1 aliphatic rings. The van der Waals surface area contributed by atoms with Crippen LogP contribution in [0, 0.1) is 17.8 Å². The Morgan fingerprint density at radius 3 is 2.00 bits per heavy atom. The highest BCUT2D eigenvalue weighted by Crippen LogP contribution is 2.42. The Balaban J connectivity index is 2.61. The van der Waals surface area contributed by atoms with E-state index in [4.69, 9.17) is 28.4 Å². The van der Waals surface area contributed by atoms with E-state index in [2.05, 4.69) is 0 Å². The molecule has 0 N–H and O–H groups in total. The smallest absolute Gasteiger partial charge is 0.459 e. The molecule has 230 valence electrons. The molecule has 2 heterocycles. The summed E-state index contributed by atoms with van der Waals surface area (Å²) in [4.78, 5) is 74.9. The Morgan fingerprint density at radius 1 is 0.902 bits per heavy atom. The first-order chi connectivity index (χ1) is 19.0. The lowest BCUT2D eigenvalue weighted by molar-refractivity contribution is -0.226. The predicted octanol–water partition coefficient (Wildman–Crippen LogP) is 2.06. The zero-order valence-electron chi connectivity index (χ0n) is 24.3. The average Bonchev–Trinajstić information content (AvgIpc) is 3.12. The molecule has 0 amide bonds. The van der Waals surface area contributed by atoms with Crippen molar-refractivity contribution < 1.29 is 52.0 Å². The van der Waals surface area contributed by atoms with Gasteiger partial charge >= 0.3 is 29.8 Å². The van der Waals surface area contributed by atoms with Crippen LogP contribution in [0.15, 0.2) is 21.9 Å². The van der Waals surface area contributed by atoms with Gasteiger partial charge in [-0.05, 0) is 13.8 Å². The summed E-state index contributed by atoms with van der Waals surface area (Å²) in [6.07, 6.45) is -6.32. The summed E-state index contributed by atoms with van der Waals surface area (Å²) in [6.45, 7) is 10.1. The minimum absolute atomic E-state index is 0.485. The van der Waals surface area contributed by atoms with Gasteiger partial charge in [-0.3, -0.25) is 23.7 Å². The molecule has 2 rings (SSSR count). The maximum absolute atomic E-state index is 16.5. The topological polar surface area (TPSA) is 168 Å². The van der Waals surface area contributed by atoms with Gasteiger partial charge in [0.1, 0.15) is 0 Å². The van der Waals surface area contributed by atoms with Crippen LogP contribution in [0.4, 0.5) is 9.18 Å². The number of hydrogen-bond acceptors (Lipinski definition) is 12. The van der Waals surface area contributed by atoms with E-state index in [9.17, 15) is 28.8 Å². The summed E-state index contributed by atoms with van der Waals surface area (Å²) in [5, 5.41) is 0. The van der Waals surface area contributed by atoms with Gasteiger partial charge in [0.2, 0.25) is 6.10 Å². The van der Waals surface area contributed by atoms with Crippen LogP contribution in [0.25, 0.3) is 0 Å². The Kier molecular flexibility index (Phi) is 11.2. The molecule has 0 saturated carbocycles. The van der Waals surface area contributed by atoms with Gasteiger partial charge in [-0.15, -0.1) is 0 Å². The number of aromatic nitrogens is 2. The summed E-state index contributed by atoms with van der Waals surface area (Å²) in [6, 6.07) is 0.898. The van der Waals surface area contributed by atoms with Gasteiger partial charge in [0.15, 0.2) is 25.7 Å². The molecule has 1 aliphatic heterocycles. The summed E-state index contributed by atoms with van der Waals surface area (Å²) >= 11 is 0. The molecule has 0 aliphatic carbocycles. The third-order valence-electron chi connectivity index (χ3n) is 5.65. The first kappa shape index (κ1) is 33.5. The molecule has 0 aromatic carbocycles. The Bertz CT molecular complexity index is 1240. The lowest BCUT2D eigenvalue weighted by Crippen LogP contribution is -2.49. The number of esters is 3. The summed E-state index contributed by atoms with van der Waals surface area (Å²) in [7, 11) is 0. The summed E-state index contributed by atoms with van der Waals surface area (Å²) < 4.78 is 48.7. The minimum Gasteiger partial charge on any atom is -0.459 e. The lowest BCUT2D eigenvalue weighted by atomic mass is 10.1. The molecule has 14 nitrogen and oxygen atoms in total. The van der Waals surface area contributed by atoms with Crippen molar-refractivity contribution in [3.05, 3.63) is 33.1 Å². The highest BCUT2D eigenvalue weighted by molar-refractivity contribution is 5.73. The fraction of sp³-hybridized carbons (Fsp3) is 0.692. The second-order valence-electron chi connectivity index (χ2n) is 10.6. The van der Waals surface area contributed by atoms with Crippen molar-refractivity contribution in [3.63, 3.8) is 0 Å². The van der Waals surface area contributed by atoms with E-state index >= 15 is 4.39 Å². The molecule has 0 radical (unpaired) electrons. The van der Waals surface area contributed by atoms with Crippen LogP contribution in [0.3, 0.4) is 0 Å². The quantitative estimate of drug-likeness (QED) is 0.273. The van der Waals surface area contributed by atoms with E-state index < -0.39 is 96.8 Å². The third kappa shape index (κ3) is 8.38. The Hall–Kier alpha value is -3.75. The molecule has 41 heavy (non-hydrogen) atoms. The van der Waals surface area contributed by atoms with E-state index in [0.717, 1.165) is 12.3 Å². The normalized spacial score (nSPS) is 22.2. The minimum atomic E-state index is -3.08. The SMILES string of the molecule is CC(C)OC(=O)OCn1c(=O)ccn([C@@H]2O[C@](F)(COC(=O)C(C)C)[C@@H](OC(=O)C(C)C)[C@H]2OC(=O)C(C)C)c1=O. The Morgan fingerprint density at radius 2 is 1.46 bits per heavy atom. The number of carbonyl (C=O) groups is 4. The van der Waals surface area contributed by atoms with Crippen molar-refractivity contribution >= 4 is 24.1 Å². The molecule has 1 aromatic rings. The lowest BCUT2D eigenvalue weighted by Gasteiger charge is -2.28. The van der Waals surface area contributed by atoms with Crippen LogP contribution in [-0.4, -0.2) is 64.0 Å². The number of alkyl halides is 1.